The van der Waals surface area contributed by atoms with Crippen LogP contribution in [0.3, 0.4) is 0 Å². The van der Waals surface area contributed by atoms with Crippen molar-refractivity contribution >= 4 is 6.09 Å². The highest BCUT2D eigenvalue weighted by Crippen LogP contribution is 2.13. The van der Waals surface area contributed by atoms with Crippen molar-refractivity contribution in [2.45, 2.75) is 103 Å². The van der Waals surface area contributed by atoms with Crippen molar-refractivity contribution in [1.29, 1.82) is 0 Å². The number of unbranched alkanes of at least 4 members (excludes halogenated alkanes) is 13. The van der Waals surface area contributed by atoms with Gasteiger partial charge in [-0.25, -0.2) is 4.79 Å². The summed E-state index contributed by atoms with van der Waals surface area (Å²) in [7, 11) is 0. The fourth-order valence-corrected chi connectivity index (χ4v) is 4.15. The molecule has 5 heteroatoms. The summed E-state index contributed by atoms with van der Waals surface area (Å²) in [6, 6.07) is 10.5. The van der Waals surface area contributed by atoms with Gasteiger partial charge in [-0.15, -0.1) is 0 Å². The molecule has 0 atom stereocenters. The van der Waals surface area contributed by atoms with Crippen LogP contribution in [0.4, 0.5) is 4.79 Å². The van der Waals surface area contributed by atoms with Gasteiger partial charge in [-0.05, 0) is 18.5 Å². The number of hydrogen-bond donors (Lipinski definition) is 2. The van der Waals surface area contributed by atoms with Gasteiger partial charge < -0.3 is 15.2 Å². The second-order valence-corrected chi connectivity index (χ2v) is 9.14. The molecule has 0 aliphatic carbocycles. The molecule has 0 aliphatic heterocycles. The minimum absolute atomic E-state index is 0.0403. The summed E-state index contributed by atoms with van der Waals surface area (Å²) in [5.41, 5.74) is 1.30. The lowest BCUT2D eigenvalue weighted by Crippen LogP contribution is -2.35. The van der Waals surface area contributed by atoms with Gasteiger partial charge in [0.05, 0.1) is 6.61 Å². The molecule has 0 spiro atoms. The number of ether oxygens (including phenoxy) is 1. The third-order valence-electron chi connectivity index (χ3n) is 6.10. The van der Waals surface area contributed by atoms with Crippen molar-refractivity contribution in [3.63, 3.8) is 0 Å². The van der Waals surface area contributed by atoms with Gasteiger partial charge in [-0.1, -0.05) is 121 Å². The van der Waals surface area contributed by atoms with Gasteiger partial charge in [0, 0.05) is 19.6 Å². The predicted molar refractivity (Wildman–Crippen MR) is 138 cm³/mol. The third kappa shape index (κ3) is 18.5. The fourth-order valence-electron chi connectivity index (χ4n) is 4.15. The number of nitrogens with zero attached hydrogens (tertiary/aromatic N) is 1. The first-order valence-corrected chi connectivity index (χ1v) is 13.5. The Morgan fingerprint density at radius 3 is 1.91 bits per heavy atom. The zero-order chi connectivity index (χ0) is 23.8. The van der Waals surface area contributed by atoms with Crippen LogP contribution in [0, 0.1) is 0 Å². The van der Waals surface area contributed by atoms with Crippen molar-refractivity contribution in [1.82, 2.24) is 10.2 Å². The van der Waals surface area contributed by atoms with Crippen LogP contribution in [0.2, 0.25) is 0 Å². The highest BCUT2D eigenvalue weighted by Gasteiger charge is 2.08. The molecule has 0 bridgehead atoms. The van der Waals surface area contributed by atoms with E-state index in [-0.39, 0.29) is 13.2 Å². The Morgan fingerprint density at radius 2 is 1.36 bits per heavy atom. The SMILES string of the molecule is CCCCCCCCCCCCCCCCN(CCNC(=O)OCCO)Cc1ccccc1. The summed E-state index contributed by atoms with van der Waals surface area (Å²) in [5.74, 6) is 0. The molecular formula is C28H50N2O3. The molecule has 190 valence electrons. The van der Waals surface area contributed by atoms with Crippen LogP contribution in [0.25, 0.3) is 0 Å². The van der Waals surface area contributed by atoms with Gasteiger partial charge in [0.1, 0.15) is 6.61 Å². The first-order chi connectivity index (χ1) is 16.3. The van der Waals surface area contributed by atoms with Crippen molar-refractivity contribution < 1.29 is 14.6 Å². The number of aliphatic hydroxyl groups is 1. The van der Waals surface area contributed by atoms with Gasteiger partial charge in [-0.3, -0.25) is 4.90 Å². The Labute approximate surface area is 203 Å². The molecule has 0 aromatic heterocycles. The maximum absolute atomic E-state index is 11.6. The van der Waals surface area contributed by atoms with E-state index in [9.17, 15) is 4.79 Å². The second-order valence-electron chi connectivity index (χ2n) is 9.14. The maximum atomic E-state index is 11.6. The van der Waals surface area contributed by atoms with Gasteiger partial charge in [-0.2, -0.15) is 0 Å². The van der Waals surface area contributed by atoms with Crippen molar-refractivity contribution in [2.75, 3.05) is 32.8 Å². The van der Waals surface area contributed by atoms with E-state index in [4.69, 9.17) is 9.84 Å². The van der Waals surface area contributed by atoms with Crippen molar-refractivity contribution in [3.8, 4) is 0 Å². The third-order valence-corrected chi connectivity index (χ3v) is 6.10. The Kier molecular flexibility index (Phi) is 19.8. The Morgan fingerprint density at radius 1 is 0.818 bits per heavy atom. The Hall–Kier alpha value is -1.59. The molecule has 0 heterocycles. The molecule has 0 fully saturated rings. The molecule has 0 radical (unpaired) electrons. The minimum atomic E-state index is -0.458. The van der Waals surface area contributed by atoms with Gasteiger partial charge in [0.25, 0.3) is 0 Å². The Balaban J connectivity index is 2.10. The fraction of sp³-hybridized carbons (Fsp3) is 0.750. The highest BCUT2D eigenvalue weighted by atomic mass is 16.6. The zero-order valence-electron chi connectivity index (χ0n) is 21.2. The molecule has 1 rings (SSSR count). The number of rotatable bonds is 22. The van der Waals surface area contributed by atoms with Gasteiger partial charge in [0.15, 0.2) is 0 Å². The van der Waals surface area contributed by atoms with E-state index in [0.717, 1.165) is 19.6 Å². The van der Waals surface area contributed by atoms with E-state index in [1.54, 1.807) is 0 Å². The molecular weight excluding hydrogens is 412 g/mol. The average molecular weight is 463 g/mol. The number of hydrogen-bond acceptors (Lipinski definition) is 4. The molecule has 0 unspecified atom stereocenters. The van der Waals surface area contributed by atoms with E-state index in [0.29, 0.717) is 6.54 Å². The second kappa shape index (κ2) is 22.2. The molecule has 5 nitrogen and oxygen atoms in total. The van der Waals surface area contributed by atoms with E-state index < -0.39 is 6.09 Å². The zero-order valence-corrected chi connectivity index (χ0v) is 21.2. The lowest BCUT2D eigenvalue weighted by molar-refractivity contribution is 0.118. The monoisotopic (exact) mass is 462 g/mol. The molecule has 33 heavy (non-hydrogen) atoms. The number of alkyl carbamates (subject to hydrolysis) is 1. The number of nitrogens with one attached hydrogen (secondary N) is 1. The number of carbonyl (C=O) groups is 1. The molecule has 1 amide bonds. The topological polar surface area (TPSA) is 61.8 Å². The molecule has 2 N–H and O–H groups in total. The summed E-state index contributed by atoms with van der Waals surface area (Å²) in [6.07, 6.45) is 18.7. The Bertz CT molecular complexity index is 553. The first-order valence-electron chi connectivity index (χ1n) is 13.5. The summed E-state index contributed by atoms with van der Waals surface area (Å²) >= 11 is 0. The summed E-state index contributed by atoms with van der Waals surface area (Å²) in [6.45, 7) is 5.46. The quantitative estimate of drug-likeness (QED) is 0.188. The molecule has 0 aliphatic rings. The first kappa shape index (κ1) is 29.4. The average Bonchev–Trinajstić information content (AvgIpc) is 2.83. The largest absolute Gasteiger partial charge is 0.447 e. The number of aliphatic hydroxyl groups excluding tert-OH is 1. The van der Waals surface area contributed by atoms with Gasteiger partial charge >= 0.3 is 6.09 Å². The van der Waals surface area contributed by atoms with Crippen LogP contribution >= 0.6 is 0 Å². The predicted octanol–water partition coefficient (Wildman–Crippen LogP) is 6.69. The van der Waals surface area contributed by atoms with Crippen LogP contribution in [-0.2, 0) is 11.3 Å². The summed E-state index contributed by atoms with van der Waals surface area (Å²) in [5, 5.41) is 11.5. The maximum Gasteiger partial charge on any atom is 0.407 e. The van der Waals surface area contributed by atoms with E-state index in [1.807, 2.05) is 6.07 Å². The number of carbonyl (C=O) groups excluding carboxylic acids is 1. The van der Waals surface area contributed by atoms with Gasteiger partial charge in [0.2, 0.25) is 0 Å². The number of amides is 1. The van der Waals surface area contributed by atoms with Crippen molar-refractivity contribution in [3.05, 3.63) is 35.9 Å². The standard InChI is InChI=1S/C28H50N2O3/c1-2-3-4-5-6-7-8-9-10-11-12-13-14-18-22-30(26-27-19-16-15-17-20-27)23-21-29-28(32)33-25-24-31/h15-17,19-20,31H,2-14,18,21-26H2,1H3,(H,29,32). The van der Waals surface area contributed by atoms with E-state index in [1.165, 1.54) is 95.5 Å². The molecule has 1 aromatic carbocycles. The smallest absolute Gasteiger partial charge is 0.407 e. The molecule has 1 aromatic rings. The lowest BCUT2D eigenvalue weighted by atomic mass is 10.0. The highest BCUT2D eigenvalue weighted by molar-refractivity contribution is 5.67. The number of benzene rings is 1. The normalized spacial score (nSPS) is 11.1. The van der Waals surface area contributed by atoms with Crippen LogP contribution in [0.5, 0.6) is 0 Å². The van der Waals surface area contributed by atoms with Crippen LogP contribution in [0.15, 0.2) is 30.3 Å². The van der Waals surface area contributed by atoms with Crippen LogP contribution in [0.1, 0.15) is 102 Å². The van der Waals surface area contributed by atoms with E-state index in [2.05, 4.69) is 41.4 Å². The summed E-state index contributed by atoms with van der Waals surface area (Å²) < 4.78 is 4.86. The lowest BCUT2D eigenvalue weighted by Gasteiger charge is -2.22. The van der Waals surface area contributed by atoms with Crippen LogP contribution in [-0.4, -0.2) is 48.9 Å². The van der Waals surface area contributed by atoms with Crippen LogP contribution < -0.4 is 5.32 Å². The molecule has 0 saturated carbocycles. The minimum Gasteiger partial charge on any atom is -0.447 e. The molecule has 0 saturated heterocycles. The summed E-state index contributed by atoms with van der Waals surface area (Å²) in [4.78, 5) is 14.0. The van der Waals surface area contributed by atoms with Crippen molar-refractivity contribution in [2.24, 2.45) is 0 Å². The van der Waals surface area contributed by atoms with E-state index >= 15 is 0 Å².